The van der Waals surface area contributed by atoms with Gasteiger partial charge < -0.3 is 9.47 Å². The molecular formula is C28H29N5O2. The fraction of sp³-hybridized carbons (Fsp3) is 0.250. The van der Waals surface area contributed by atoms with E-state index in [1.54, 1.807) is 11.5 Å². The molecule has 0 atom stereocenters. The van der Waals surface area contributed by atoms with Crippen LogP contribution in [0.2, 0.25) is 0 Å². The van der Waals surface area contributed by atoms with Gasteiger partial charge in [-0.2, -0.15) is 0 Å². The molecule has 0 N–H and O–H groups in total. The first-order chi connectivity index (χ1) is 16.9. The van der Waals surface area contributed by atoms with Crippen LogP contribution in [0.1, 0.15) is 28.7 Å². The van der Waals surface area contributed by atoms with Gasteiger partial charge in [0.25, 0.3) is 0 Å². The lowest BCUT2D eigenvalue weighted by Gasteiger charge is -2.13. The third kappa shape index (κ3) is 4.42. The summed E-state index contributed by atoms with van der Waals surface area (Å²) in [4.78, 5) is 32.4. The van der Waals surface area contributed by atoms with Crippen molar-refractivity contribution < 1.29 is 4.79 Å². The zero-order valence-electron chi connectivity index (χ0n) is 20.3. The van der Waals surface area contributed by atoms with Crippen molar-refractivity contribution in [3.8, 4) is 0 Å². The number of ketones is 1. The molecule has 5 rings (SSSR count). The average molecular weight is 468 g/mol. The maximum Gasteiger partial charge on any atom is 0.329 e. The number of rotatable bonds is 8. The fourth-order valence-corrected chi connectivity index (χ4v) is 4.54. The largest absolute Gasteiger partial charge is 0.329 e. The maximum atomic E-state index is 13.7. The third-order valence-electron chi connectivity index (χ3n) is 6.43. The van der Waals surface area contributed by atoms with Crippen LogP contribution in [0.3, 0.4) is 0 Å². The molecule has 0 unspecified atom stereocenters. The normalized spacial score (nSPS) is 11.7. The second-order valence-corrected chi connectivity index (χ2v) is 9.17. The number of carbonyl (C=O) groups is 1. The molecule has 7 heteroatoms. The fourth-order valence-electron chi connectivity index (χ4n) is 4.54. The van der Waals surface area contributed by atoms with Gasteiger partial charge in [-0.1, -0.05) is 48.5 Å². The van der Waals surface area contributed by atoms with E-state index in [2.05, 4.69) is 29.6 Å². The lowest BCUT2D eigenvalue weighted by atomic mass is 10.1. The Balaban J connectivity index is 1.57. The molecule has 0 aliphatic heterocycles. The first kappa shape index (κ1) is 22.8. The number of aromatic nitrogens is 4. The van der Waals surface area contributed by atoms with Gasteiger partial charge in [-0.3, -0.25) is 13.9 Å². The molecular weight excluding hydrogens is 438 g/mol. The Morgan fingerprint density at radius 2 is 1.40 bits per heavy atom. The molecule has 0 fully saturated rings. The van der Waals surface area contributed by atoms with Gasteiger partial charge in [0, 0.05) is 18.7 Å². The summed E-state index contributed by atoms with van der Waals surface area (Å²) in [5, 5.41) is 0. The summed E-state index contributed by atoms with van der Waals surface area (Å²) < 4.78 is 5.83. The minimum Gasteiger partial charge on any atom is -0.325 e. The molecule has 7 nitrogen and oxygen atoms in total. The van der Waals surface area contributed by atoms with Gasteiger partial charge in [-0.25, -0.2) is 9.78 Å². The number of imidazole rings is 2. The smallest absolute Gasteiger partial charge is 0.325 e. The quantitative estimate of drug-likeness (QED) is 0.324. The van der Waals surface area contributed by atoms with E-state index in [0.29, 0.717) is 18.7 Å². The van der Waals surface area contributed by atoms with Gasteiger partial charge in [-0.15, -0.1) is 0 Å². The van der Waals surface area contributed by atoms with E-state index in [9.17, 15) is 9.59 Å². The van der Waals surface area contributed by atoms with Gasteiger partial charge in [-0.05, 0) is 50.8 Å². The monoisotopic (exact) mass is 467 g/mol. The maximum absolute atomic E-state index is 13.7. The Hall–Kier alpha value is -3.97. The molecule has 0 aliphatic carbocycles. The Morgan fingerprint density at radius 1 is 0.800 bits per heavy atom. The predicted octanol–water partition coefficient (Wildman–Crippen LogP) is 4.01. The van der Waals surface area contributed by atoms with Crippen molar-refractivity contribution >= 4 is 27.9 Å². The number of carbonyl (C=O) groups excluding carboxylic acids is 1. The third-order valence-corrected chi connectivity index (χ3v) is 6.43. The Morgan fingerprint density at radius 3 is 2.03 bits per heavy atom. The molecule has 178 valence electrons. The lowest BCUT2D eigenvalue weighted by Crippen LogP contribution is -2.27. The first-order valence-corrected chi connectivity index (χ1v) is 11.8. The number of likely N-dealkylation sites (N-methyl/N-ethyl adjacent to an activating group) is 1. The highest BCUT2D eigenvalue weighted by atomic mass is 16.1. The standard InChI is InChI=1S/C28H29N5O2/c1-20(34)22-14-12-21(13-15-22)18-32-25-10-6-7-11-26(25)33(28(32)35)19-27-29-23-8-4-5-9-24(23)31(27)17-16-30(2)3/h4-15H,16-19H2,1-3H3. The SMILES string of the molecule is CC(=O)c1ccc(Cn2c(=O)n(Cc3nc4ccccc4n3CCN(C)C)c3ccccc32)cc1. The number of nitrogens with zero attached hydrogens (tertiary/aromatic N) is 5. The van der Waals surface area contributed by atoms with Crippen LogP contribution in [0.25, 0.3) is 22.1 Å². The number of hydrogen-bond acceptors (Lipinski definition) is 4. The predicted molar refractivity (Wildman–Crippen MR) is 139 cm³/mol. The number of hydrogen-bond donors (Lipinski definition) is 0. The van der Waals surface area contributed by atoms with Gasteiger partial charge in [0.1, 0.15) is 5.82 Å². The summed E-state index contributed by atoms with van der Waals surface area (Å²) in [5.41, 5.74) is 5.33. The highest BCUT2D eigenvalue weighted by Gasteiger charge is 2.17. The molecule has 0 saturated carbocycles. The van der Waals surface area contributed by atoms with Crippen molar-refractivity contribution in [3.63, 3.8) is 0 Å². The first-order valence-electron chi connectivity index (χ1n) is 11.8. The summed E-state index contributed by atoms with van der Waals surface area (Å²) in [7, 11) is 4.11. The second kappa shape index (κ2) is 9.35. The molecule has 3 aromatic carbocycles. The van der Waals surface area contributed by atoms with Gasteiger partial charge in [0.15, 0.2) is 5.78 Å². The molecule has 2 aromatic heterocycles. The van der Waals surface area contributed by atoms with E-state index < -0.39 is 0 Å². The van der Waals surface area contributed by atoms with Crippen LogP contribution in [0.5, 0.6) is 0 Å². The van der Waals surface area contributed by atoms with Crippen molar-refractivity contribution in [2.45, 2.75) is 26.6 Å². The number of Topliss-reactive ketones (excluding diaryl/α,β-unsaturated/α-hetero) is 1. The number of benzene rings is 3. The molecule has 0 bridgehead atoms. The summed E-state index contributed by atoms with van der Waals surface area (Å²) in [5.74, 6) is 0.895. The second-order valence-electron chi connectivity index (χ2n) is 9.17. The zero-order chi connectivity index (χ0) is 24.5. The molecule has 0 radical (unpaired) electrons. The van der Waals surface area contributed by atoms with Crippen LogP contribution in [0.4, 0.5) is 0 Å². The summed E-state index contributed by atoms with van der Waals surface area (Å²) in [6.45, 7) is 4.04. The Kier molecular flexibility index (Phi) is 6.09. The number of fused-ring (bicyclic) bond motifs is 2. The van der Waals surface area contributed by atoms with Gasteiger partial charge >= 0.3 is 5.69 Å². The Bertz CT molecular complexity index is 1570. The van der Waals surface area contributed by atoms with E-state index in [1.165, 1.54) is 0 Å². The summed E-state index contributed by atoms with van der Waals surface area (Å²) in [6, 6.07) is 23.4. The van der Waals surface area contributed by atoms with Crippen LogP contribution >= 0.6 is 0 Å². The van der Waals surface area contributed by atoms with Crippen molar-refractivity contribution in [2.75, 3.05) is 20.6 Å². The average Bonchev–Trinajstić information content (AvgIpc) is 3.33. The molecule has 0 aliphatic rings. The lowest BCUT2D eigenvalue weighted by molar-refractivity contribution is 0.101. The zero-order valence-corrected chi connectivity index (χ0v) is 20.3. The van der Waals surface area contributed by atoms with E-state index >= 15 is 0 Å². The summed E-state index contributed by atoms with van der Waals surface area (Å²) in [6.07, 6.45) is 0. The van der Waals surface area contributed by atoms with Crippen LogP contribution in [-0.4, -0.2) is 50.0 Å². The van der Waals surface area contributed by atoms with Crippen LogP contribution in [-0.2, 0) is 19.6 Å². The molecule has 0 saturated heterocycles. The van der Waals surface area contributed by atoms with Gasteiger partial charge in [0.2, 0.25) is 0 Å². The van der Waals surface area contributed by atoms with E-state index in [4.69, 9.17) is 4.98 Å². The van der Waals surface area contributed by atoms with Crippen molar-refractivity contribution in [1.29, 1.82) is 0 Å². The van der Waals surface area contributed by atoms with E-state index in [0.717, 1.165) is 46.5 Å². The van der Waals surface area contributed by atoms with Gasteiger partial charge in [0.05, 0.1) is 35.2 Å². The number of para-hydroxylation sites is 4. The molecule has 2 heterocycles. The molecule has 0 spiro atoms. The topological polar surface area (TPSA) is 65.1 Å². The van der Waals surface area contributed by atoms with Crippen molar-refractivity contribution in [1.82, 2.24) is 23.6 Å². The molecule has 0 amide bonds. The molecule has 35 heavy (non-hydrogen) atoms. The van der Waals surface area contributed by atoms with Crippen LogP contribution < -0.4 is 5.69 Å². The van der Waals surface area contributed by atoms with E-state index in [1.807, 2.05) is 71.3 Å². The van der Waals surface area contributed by atoms with Crippen LogP contribution in [0.15, 0.2) is 77.6 Å². The Labute approximate surface area is 203 Å². The highest BCUT2D eigenvalue weighted by Crippen LogP contribution is 2.20. The minimum absolute atomic E-state index is 0.0301. The summed E-state index contributed by atoms with van der Waals surface area (Å²) >= 11 is 0. The van der Waals surface area contributed by atoms with Crippen LogP contribution in [0, 0.1) is 0 Å². The minimum atomic E-state index is -0.0759. The molecule has 5 aromatic rings. The van der Waals surface area contributed by atoms with Crippen molar-refractivity contribution in [3.05, 3.63) is 100 Å². The van der Waals surface area contributed by atoms with E-state index in [-0.39, 0.29) is 11.5 Å². The van der Waals surface area contributed by atoms with Crippen molar-refractivity contribution in [2.24, 2.45) is 0 Å². The highest BCUT2D eigenvalue weighted by molar-refractivity contribution is 5.94.